The molecular formula is C15H18N2O3. The molecule has 0 bridgehead atoms. The maximum atomic E-state index is 11.6. The predicted octanol–water partition coefficient (Wildman–Crippen LogP) is 2.51. The van der Waals surface area contributed by atoms with E-state index in [1.165, 1.54) is 0 Å². The van der Waals surface area contributed by atoms with Crippen LogP contribution >= 0.6 is 0 Å². The monoisotopic (exact) mass is 274 g/mol. The number of esters is 1. The van der Waals surface area contributed by atoms with Gasteiger partial charge in [-0.05, 0) is 32.9 Å². The maximum Gasteiger partial charge on any atom is 0.347 e. The van der Waals surface area contributed by atoms with E-state index in [0.29, 0.717) is 12.4 Å². The fourth-order valence-corrected chi connectivity index (χ4v) is 1.87. The van der Waals surface area contributed by atoms with Gasteiger partial charge in [0.25, 0.3) is 0 Å². The first-order chi connectivity index (χ1) is 9.61. The molecule has 0 N–H and O–H groups in total. The van der Waals surface area contributed by atoms with Crippen LogP contribution in [0.1, 0.15) is 19.7 Å². The summed E-state index contributed by atoms with van der Waals surface area (Å²) in [7, 11) is 0. The van der Waals surface area contributed by atoms with Crippen molar-refractivity contribution in [2.45, 2.75) is 26.9 Å². The second kappa shape index (κ2) is 6.23. The average molecular weight is 274 g/mol. The molecule has 0 radical (unpaired) electrons. The highest BCUT2D eigenvalue weighted by Gasteiger charge is 2.15. The summed E-state index contributed by atoms with van der Waals surface area (Å²) >= 11 is 0. The zero-order valence-corrected chi connectivity index (χ0v) is 11.9. The number of ether oxygens (including phenoxy) is 2. The molecule has 0 spiro atoms. The summed E-state index contributed by atoms with van der Waals surface area (Å²) in [5.74, 6) is 1.15. The van der Waals surface area contributed by atoms with Gasteiger partial charge < -0.3 is 14.0 Å². The van der Waals surface area contributed by atoms with E-state index >= 15 is 0 Å². The van der Waals surface area contributed by atoms with Crippen LogP contribution in [0.25, 0.3) is 5.69 Å². The number of imidazole rings is 1. The standard InChI is InChI=1S/C15H18N2O3/c1-4-19-15(18)11(2)20-14-7-5-6-13(10-14)17-9-8-16-12(17)3/h5-11H,4H2,1-3H3. The van der Waals surface area contributed by atoms with Gasteiger partial charge in [-0.15, -0.1) is 0 Å². The molecule has 2 aromatic rings. The average Bonchev–Trinajstić information content (AvgIpc) is 2.85. The molecule has 1 atom stereocenters. The molecule has 0 saturated heterocycles. The molecule has 0 saturated carbocycles. The van der Waals surface area contributed by atoms with Crippen LogP contribution in [-0.2, 0) is 9.53 Å². The Morgan fingerprint density at radius 2 is 2.25 bits per heavy atom. The third-order valence-corrected chi connectivity index (χ3v) is 2.85. The zero-order valence-electron chi connectivity index (χ0n) is 11.9. The fraction of sp³-hybridized carbons (Fsp3) is 0.333. The first-order valence-corrected chi connectivity index (χ1v) is 6.55. The largest absolute Gasteiger partial charge is 0.479 e. The van der Waals surface area contributed by atoms with Crippen molar-refractivity contribution in [1.82, 2.24) is 9.55 Å². The molecular weight excluding hydrogens is 256 g/mol. The highest BCUT2D eigenvalue weighted by Crippen LogP contribution is 2.19. The molecule has 5 heteroatoms. The van der Waals surface area contributed by atoms with Crippen LogP contribution in [0.5, 0.6) is 5.75 Å². The smallest absolute Gasteiger partial charge is 0.347 e. The number of aryl methyl sites for hydroxylation is 1. The minimum absolute atomic E-state index is 0.348. The second-order valence-electron chi connectivity index (χ2n) is 4.35. The summed E-state index contributed by atoms with van der Waals surface area (Å²) in [5.41, 5.74) is 0.938. The minimum atomic E-state index is -0.630. The molecule has 1 heterocycles. The van der Waals surface area contributed by atoms with Gasteiger partial charge in [0.15, 0.2) is 6.10 Å². The lowest BCUT2D eigenvalue weighted by atomic mass is 10.3. The van der Waals surface area contributed by atoms with Crippen LogP contribution in [0, 0.1) is 6.92 Å². The molecule has 1 aromatic carbocycles. The van der Waals surface area contributed by atoms with Gasteiger partial charge in [0.1, 0.15) is 11.6 Å². The van der Waals surface area contributed by atoms with E-state index in [1.807, 2.05) is 42.0 Å². The Hall–Kier alpha value is -2.30. The van der Waals surface area contributed by atoms with E-state index in [9.17, 15) is 4.79 Å². The number of aromatic nitrogens is 2. The lowest BCUT2D eigenvalue weighted by molar-refractivity contribution is -0.150. The zero-order chi connectivity index (χ0) is 14.5. The normalized spacial score (nSPS) is 11.9. The summed E-state index contributed by atoms with van der Waals surface area (Å²) in [6.45, 7) is 5.72. The lowest BCUT2D eigenvalue weighted by Gasteiger charge is -2.14. The van der Waals surface area contributed by atoms with Crippen molar-refractivity contribution in [2.24, 2.45) is 0 Å². The van der Waals surface area contributed by atoms with E-state index in [2.05, 4.69) is 4.98 Å². The van der Waals surface area contributed by atoms with Gasteiger partial charge in [-0.3, -0.25) is 0 Å². The summed E-state index contributed by atoms with van der Waals surface area (Å²) in [4.78, 5) is 15.7. The van der Waals surface area contributed by atoms with Crippen LogP contribution in [0.3, 0.4) is 0 Å². The number of nitrogens with zero attached hydrogens (tertiary/aromatic N) is 2. The molecule has 0 aliphatic rings. The van der Waals surface area contributed by atoms with Gasteiger partial charge in [0.05, 0.1) is 12.3 Å². The van der Waals surface area contributed by atoms with Gasteiger partial charge in [0, 0.05) is 18.5 Å². The molecule has 0 aliphatic heterocycles. The number of rotatable bonds is 5. The van der Waals surface area contributed by atoms with Gasteiger partial charge >= 0.3 is 5.97 Å². The molecule has 5 nitrogen and oxygen atoms in total. The van der Waals surface area contributed by atoms with Gasteiger partial charge in [0.2, 0.25) is 0 Å². The van der Waals surface area contributed by atoms with Crippen molar-refractivity contribution in [3.05, 3.63) is 42.5 Å². The molecule has 1 aromatic heterocycles. The van der Waals surface area contributed by atoms with Crippen molar-refractivity contribution >= 4 is 5.97 Å². The number of hydrogen-bond acceptors (Lipinski definition) is 4. The Morgan fingerprint density at radius 1 is 1.45 bits per heavy atom. The summed E-state index contributed by atoms with van der Waals surface area (Å²) in [6, 6.07) is 7.51. The molecule has 1 unspecified atom stereocenters. The molecule has 106 valence electrons. The first kappa shape index (κ1) is 14.1. The minimum Gasteiger partial charge on any atom is -0.479 e. The number of hydrogen-bond donors (Lipinski definition) is 0. The van der Waals surface area contributed by atoms with Crippen LogP contribution in [-0.4, -0.2) is 28.2 Å². The Morgan fingerprint density at radius 3 is 2.90 bits per heavy atom. The molecule has 2 rings (SSSR count). The fourth-order valence-electron chi connectivity index (χ4n) is 1.87. The van der Waals surface area contributed by atoms with Crippen LogP contribution in [0.15, 0.2) is 36.7 Å². The third-order valence-electron chi connectivity index (χ3n) is 2.85. The predicted molar refractivity (Wildman–Crippen MR) is 75.0 cm³/mol. The Balaban J connectivity index is 2.15. The molecule has 0 aliphatic carbocycles. The van der Waals surface area contributed by atoms with Crippen LogP contribution in [0.4, 0.5) is 0 Å². The number of carbonyl (C=O) groups is 1. The summed E-state index contributed by atoms with van der Waals surface area (Å²) in [5, 5.41) is 0. The van der Waals surface area contributed by atoms with E-state index in [1.54, 1.807) is 20.0 Å². The summed E-state index contributed by atoms with van der Waals surface area (Å²) < 4.78 is 12.5. The van der Waals surface area contributed by atoms with Crippen molar-refractivity contribution in [3.63, 3.8) is 0 Å². The van der Waals surface area contributed by atoms with Gasteiger partial charge in [-0.2, -0.15) is 0 Å². The van der Waals surface area contributed by atoms with E-state index in [-0.39, 0.29) is 5.97 Å². The first-order valence-electron chi connectivity index (χ1n) is 6.55. The van der Waals surface area contributed by atoms with E-state index < -0.39 is 6.10 Å². The van der Waals surface area contributed by atoms with E-state index in [4.69, 9.17) is 9.47 Å². The number of carbonyl (C=O) groups excluding carboxylic acids is 1. The Kier molecular flexibility index (Phi) is 4.40. The van der Waals surface area contributed by atoms with Crippen LogP contribution in [0.2, 0.25) is 0 Å². The van der Waals surface area contributed by atoms with E-state index in [0.717, 1.165) is 11.5 Å². The second-order valence-corrected chi connectivity index (χ2v) is 4.35. The van der Waals surface area contributed by atoms with Crippen molar-refractivity contribution in [2.75, 3.05) is 6.61 Å². The Labute approximate surface area is 118 Å². The Bertz CT molecular complexity index is 592. The maximum absolute atomic E-state index is 11.6. The molecule has 0 fully saturated rings. The molecule has 0 amide bonds. The topological polar surface area (TPSA) is 53.4 Å². The third kappa shape index (κ3) is 3.17. The molecule has 20 heavy (non-hydrogen) atoms. The van der Waals surface area contributed by atoms with Gasteiger partial charge in [-0.1, -0.05) is 6.07 Å². The highest BCUT2D eigenvalue weighted by atomic mass is 16.6. The lowest BCUT2D eigenvalue weighted by Crippen LogP contribution is -2.26. The summed E-state index contributed by atoms with van der Waals surface area (Å²) in [6.07, 6.45) is 2.99. The van der Waals surface area contributed by atoms with Crippen molar-refractivity contribution < 1.29 is 14.3 Å². The quantitative estimate of drug-likeness (QED) is 0.786. The van der Waals surface area contributed by atoms with Crippen molar-refractivity contribution in [3.8, 4) is 11.4 Å². The number of benzene rings is 1. The van der Waals surface area contributed by atoms with Gasteiger partial charge in [-0.25, -0.2) is 9.78 Å². The highest BCUT2D eigenvalue weighted by molar-refractivity contribution is 5.74. The van der Waals surface area contributed by atoms with Crippen LogP contribution < -0.4 is 4.74 Å². The van der Waals surface area contributed by atoms with Crippen molar-refractivity contribution in [1.29, 1.82) is 0 Å². The SMILES string of the molecule is CCOC(=O)C(C)Oc1cccc(-n2ccnc2C)c1.